The molecule has 2 aromatic rings. The topological polar surface area (TPSA) is 176 Å². The number of amides is 2. The van der Waals surface area contributed by atoms with E-state index in [0.29, 0.717) is 16.6 Å². The summed E-state index contributed by atoms with van der Waals surface area (Å²) >= 11 is 3.72. The second-order valence-corrected chi connectivity index (χ2v) is 12.3. The maximum Gasteiger partial charge on any atom is 0.278 e. The van der Waals surface area contributed by atoms with Crippen molar-refractivity contribution in [3.8, 4) is 0 Å². The fourth-order valence-corrected chi connectivity index (χ4v) is 6.78. The van der Waals surface area contributed by atoms with Crippen molar-refractivity contribution in [2.45, 2.75) is 24.9 Å². The summed E-state index contributed by atoms with van der Waals surface area (Å²) in [5.74, 6) is -2.82. The molecule has 0 aliphatic carbocycles. The molecule has 2 amide bonds. The number of β-lactam (4-membered cyclic amide) rings is 1. The molecule has 4 rings (SSSR count). The molecule has 17 heteroatoms. The molecule has 0 radical (unpaired) electrons. The van der Waals surface area contributed by atoms with Gasteiger partial charge in [0.05, 0.1) is 48.4 Å². The number of carboxylic acid groups (broad SMARTS) is 1. The number of aromatic nitrogens is 3. The Balaban J connectivity index is 1.46. The molecule has 1 saturated heterocycles. The molecule has 2 aromatic heterocycles. The van der Waals surface area contributed by atoms with Gasteiger partial charge in [0.1, 0.15) is 31.2 Å². The number of carbonyl (C=O) groups is 3. The lowest BCUT2D eigenvalue weighted by Gasteiger charge is -2.50. The molecule has 2 atom stereocenters. The highest BCUT2D eigenvalue weighted by atomic mass is 32.2. The number of nitrogens with zero attached hydrogens (tertiary/aromatic N) is 6. The van der Waals surface area contributed by atoms with Gasteiger partial charge in [-0.3, -0.25) is 14.5 Å². The summed E-state index contributed by atoms with van der Waals surface area (Å²) in [7, 11) is 4.12. The Morgan fingerprint density at radius 3 is 2.83 bits per heavy atom. The minimum Gasteiger partial charge on any atom is -0.543 e. The quantitative estimate of drug-likeness (QED) is 0.108. The average molecular weight is 611 g/mol. The number of allylic oxidation sites excluding steroid dienone is 1. The van der Waals surface area contributed by atoms with Crippen LogP contribution in [0.2, 0.25) is 0 Å². The van der Waals surface area contributed by atoms with E-state index in [0.717, 1.165) is 28.7 Å². The average Bonchev–Trinajstić information content (AvgIpc) is 3.51. The number of aryl methyl sites for hydroxylation is 1. The number of thiazole rings is 1. The van der Waals surface area contributed by atoms with Crippen LogP contribution >= 0.6 is 34.6 Å². The van der Waals surface area contributed by atoms with Crippen molar-refractivity contribution in [3.05, 3.63) is 45.3 Å². The van der Waals surface area contributed by atoms with Gasteiger partial charge < -0.3 is 30.3 Å². The first-order chi connectivity index (χ1) is 19.0. The number of anilines is 1. The number of hydrogen-bond donors (Lipinski definition) is 2. The first-order valence-corrected chi connectivity index (χ1v) is 14.7. The number of nitrogen functional groups attached to an aromatic ring is 1. The maximum atomic E-state index is 13.0. The third-order valence-corrected chi connectivity index (χ3v) is 8.77. The van der Waals surface area contributed by atoms with Crippen molar-refractivity contribution in [1.82, 2.24) is 24.6 Å². The Hall–Kier alpha value is -3.41. The minimum absolute atomic E-state index is 0.0693. The first-order valence-electron chi connectivity index (χ1n) is 12.0. The van der Waals surface area contributed by atoms with Gasteiger partial charge >= 0.3 is 0 Å². The summed E-state index contributed by atoms with van der Waals surface area (Å²) in [5.41, 5.74) is 8.22. The molecule has 0 saturated carbocycles. The van der Waals surface area contributed by atoms with Crippen LogP contribution in [0, 0.1) is 6.92 Å². The SMILES string of the molecule is Cc1ncsc1C[N+](C)(C)C/C=C/C1=C(C(=O)[O-])N2C(=O)[C@@H](NC(=O)/C(=N\OCCF)c3nsc(N)n3)[C@H]2SC1. The second kappa shape index (κ2) is 12.4. The Morgan fingerprint density at radius 1 is 1.43 bits per heavy atom. The molecular weight excluding hydrogens is 584 g/mol. The van der Waals surface area contributed by atoms with E-state index >= 15 is 0 Å². The Kier molecular flexibility index (Phi) is 9.17. The molecule has 4 heterocycles. The monoisotopic (exact) mass is 610 g/mol. The molecule has 0 aromatic carbocycles. The van der Waals surface area contributed by atoms with Crippen molar-refractivity contribution in [3.63, 3.8) is 0 Å². The molecule has 1 fully saturated rings. The lowest BCUT2D eigenvalue weighted by molar-refractivity contribution is -0.897. The molecule has 0 spiro atoms. The van der Waals surface area contributed by atoms with Crippen LogP contribution in [0.25, 0.3) is 0 Å². The van der Waals surface area contributed by atoms with Gasteiger partial charge in [0, 0.05) is 17.3 Å². The van der Waals surface area contributed by atoms with E-state index in [1.165, 1.54) is 16.6 Å². The van der Waals surface area contributed by atoms with E-state index in [4.69, 9.17) is 10.6 Å². The molecule has 2 aliphatic heterocycles. The number of aliphatic carboxylic acids is 1. The summed E-state index contributed by atoms with van der Waals surface area (Å²) in [6.45, 7) is 2.11. The van der Waals surface area contributed by atoms with Crippen molar-refractivity contribution in [1.29, 1.82) is 0 Å². The first kappa shape index (κ1) is 29.6. The second-order valence-electron chi connectivity index (χ2n) is 9.48. The molecule has 40 heavy (non-hydrogen) atoms. The van der Waals surface area contributed by atoms with Crippen LogP contribution < -0.4 is 16.2 Å². The fraction of sp³-hybridized carbons (Fsp3) is 0.435. The van der Waals surface area contributed by atoms with E-state index in [1.807, 2.05) is 18.5 Å². The van der Waals surface area contributed by atoms with Gasteiger partial charge in [-0.2, -0.15) is 9.36 Å². The number of thioether (sulfide) groups is 1. The summed E-state index contributed by atoms with van der Waals surface area (Å²) in [5, 5.41) is 17.6. The Labute approximate surface area is 241 Å². The number of hydrogen-bond acceptors (Lipinski definition) is 13. The van der Waals surface area contributed by atoms with E-state index in [9.17, 15) is 23.9 Å². The van der Waals surface area contributed by atoms with Crippen LogP contribution in [0.3, 0.4) is 0 Å². The van der Waals surface area contributed by atoms with Gasteiger partial charge in [-0.1, -0.05) is 11.2 Å². The number of nitrogens with two attached hydrogens (primary N) is 1. The van der Waals surface area contributed by atoms with Gasteiger partial charge in [-0.25, -0.2) is 9.37 Å². The largest absolute Gasteiger partial charge is 0.543 e. The van der Waals surface area contributed by atoms with Gasteiger partial charge in [0.15, 0.2) is 5.13 Å². The zero-order valence-corrected chi connectivity index (χ0v) is 24.3. The van der Waals surface area contributed by atoms with Crippen LogP contribution in [-0.4, -0.2) is 98.3 Å². The molecule has 3 N–H and O–H groups in total. The van der Waals surface area contributed by atoms with Crippen LogP contribution in [0.15, 0.2) is 34.1 Å². The number of fused-ring (bicyclic) bond motifs is 1. The molecule has 2 aliphatic rings. The summed E-state index contributed by atoms with van der Waals surface area (Å²) in [6, 6.07) is -1.04. The maximum absolute atomic E-state index is 13.0. The highest BCUT2D eigenvalue weighted by molar-refractivity contribution is 8.00. The van der Waals surface area contributed by atoms with Crippen LogP contribution in [0.4, 0.5) is 9.52 Å². The number of carbonyl (C=O) groups excluding carboxylic acids is 3. The predicted octanol–water partition coefficient (Wildman–Crippen LogP) is -0.188. The highest BCUT2D eigenvalue weighted by Gasteiger charge is 2.53. The fourth-order valence-electron chi connectivity index (χ4n) is 4.04. The highest BCUT2D eigenvalue weighted by Crippen LogP contribution is 2.40. The molecule has 214 valence electrons. The Bertz CT molecular complexity index is 1390. The zero-order valence-electron chi connectivity index (χ0n) is 21.8. The molecule has 0 unspecified atom stereocenters. The number of oxime groups is 1. The zero-order chi connectivity index (χ0) is 29.0. The third-order valence-electron chi connectivity index (χ3n) is 6.01. The van der Waals surface area contributed by atoms with Gasteiger partial charge in [0.2, 0.25) is 11.5 Å². The number of alkyl halides is 1. The predicted molar refractivity (Wildman–Crippen MR) is 147 cm³/mol. The van der Waals surface area contributed by atoms with E-state index in [-0.39, 0.29) is 28.1 Å². The molecule has 0 bridgehead atoms. The van der Waals surface area contributed by atoms with Crippen LogP contribution in [0.5, 0.6) is 0 Å². The summed E-state index contributed by atoms with van der Waals surface area (Å²) in [6.07, 6.45) is 3.59. The number of quaternary nitrogens is 1. The third kappa shape index (κ3) is 6.48. The summed E-state index contributed by atoms with van der Waals surface area (Å²) < 4.78 is 17.0. The lowest BCUT2D eigenvalue weighted by atomic mass is 10.0. The lowest BCUT2D eigenvalue weighted by Crippen LogP contribution is -2.71. The standard InChI is InChI=1S/C23H27FN8O5S3/c1-12-14(39-11-26-12)9-32(2,3)7-4-5-13-10-38-21-16(20(34)31(21)17(13)22(35)36)27-19(33)15(29-37-8-6-24)18-28-23(25)40-30-18/h4-5,11,16,21H,6-10H2,1-3H3,(H3-,25,27,28,30,33,35,36)/b5-4+,29-15-/t16-,21-/m1/s1. The number of likely N-dealkylation sites (N-methyl/N-ethyl adjacent to an activating group) is 1. The van der Waals surface area contributed by atoms with E-state index < -0.39 is 42.5 Å². The van der Waals surface area contributed by atoms with Crippen molar-refractivity contribution in [2.75, 3.05) is 45.4 Å². The van der Waals surface area contributed by atoms with E-state index in [1.54, 1.807) is 17.4 Å². The molecular formula is C23H27FN8O5S3. The normalized spacial score (nSPS) is 19.6. The van der Waals surface area contributed by atoms with Crippen molar-refractivity contribution in [2.24, 2.45) is 5.16 Å². The van der Waals surface area contributed by atoms with Crippen molar-refractivity contribution >= 4 is 63.3 Å². The van der Waals surface area contributed by atoms with Gasteiger partial charge in [-0.15, -0.1) is 23.1 Å². The number of halogens is 1. The Morgan fingerprint density at radius 2 is 2.20 bits per heavy atom. The minimum atomic E-state index is -1.49. The molecule has 13 nitrogen and oxygen atoms in total. The van der Waals surface area contributed by atoms with Crippen LogP contribution in [-0.2, 0) is 25.8 Å². The number of rotatable bonds is 12. The summed E-state index contributed by atoms with van der Waals surface area (Å²) in [4.78, 5) is 53.3. The van der Waals surface area contributed by atoms with E-state index in [2.05, 4.69) is 38.9 Å². The van der Waals surface area contributed by atoms with Crippen LogP contribution in [0.1, 0.15) is 16.4 Å². The smallest absolute Gasteiger partial charge is 0.278 e. The van der Waals surface area contributed by atoms with Gasteiger partial charge in [-0.05, 0) is 18.6 Å². The number of carboxylic acids is 1. The van der Waals surface area contributed by atoms with Gasteiger partial charge in [0.25, 0.3) is 11.8 Å². The number of nitrogens with one attached hydrogen (secondary N) is 1. The van der Waals surface area contributed by atoms with Crippen molar-refractivity contribution < 1.29 is 33.2 Å².